The lowest BCUT2D eigenvalue weighted by Crippen LogP contribution is -2.22. The number of halogens is 2. The second kappa shape index (κ2) is 10.8. The molecule has 6 nitrogen and oxygen atoms in total. The van der Waals surface area contributed by atoms with Gasteiger partial charge in [-0.2, -0.15) is 8.78 Å². The number of hydrogen-bond acceptors (Lipinski definition) is 6. The molecule has 0 aromatic heterocycles. The molecule has 0 aliphatic rings. The molecule has 0 heterocycles. The van der Waals surface area contributed by atoms with Gasteiger partial charge in [0.25, 0.3) is 0 Å². The van der Waals surface area contributed by atoms with Gasteiger partial charge in [0.15, 0.2) is 0 Å². The van der Waals surface area contributed by atoms with Gasteiger partial charge in [-0.15, -0.1) is 0 Å². The predicted octanol–water partition coefficient (Wildman–Crippen LogP) is 7.32. The molecule has 0 spiro atoms. The Morgan fingerprint density at radius 2 is 1.10 bits per heavy atom. The number of rotatable bonds is 12. The Morgan fingerprint density at radius 3 is 1.43 bits per heavy atom. The zero-order valence-corrected chi connectivity index (χ0v) is 20.7. The van der Waals surface area contributed by atoms with E-state index in [-0.39, 0.29) is 18.4 Å². The Labute approximate surface area is 178 Å². The van der Waals surface area contributed by atoms with Crippen molar-refractivity contribution in [1.82, 2.24) is 0 Å². The zero-order chi connectivity index (χ0) is 23.3. The number of hydrogen-bond donors (Lipinski definition) is 0. The molecule has 10 heteroatoms. The Morgan fingerprint density at radius 1 is 0.733 bits per heavy atom. The lowest BCUT2D eigenvalue weighted by Gasteiger charge is -2.29. The molecule has 0 amide bonds. The second-order valence-corrected chi connectivity index (χ2v) is 12.1. The lowest BCUT2D eigenvalue weighted by molar-refractivity contribution is 0.0170. The molecule has 30 heavy (non-hydrogen) atoms. The summed E-state index contributed by atoms with van der Waals surface area (Å²) < 4.78 is 77.3. The molecule has 0 N–H and O–H groups in total. The van der Waals surface area contributed by atoms with Crippen molar-refractivity contribution in [2.45, 2.75) is 91.6 Å². The summed E-state index contributed by atoms with van der Waals surface area (Å²) in [5.74, 6) is 0. The molecule has 1 aromatic rings. The summed E-state index contributed by atoms with van der Waals surface area (Å²) in [6.07, 6.45) is -2.16. The van der Waals surface area contributed by atoms with E-state index in [1.54, 1.807) is 27.7 Å². The van der Waals surface area contributed by atoms with Crippen molar-refractivity contribution in [2.24, 2.45) is 0 Å². The molecule has 0 fully saturated rings. The summed E-state index contributed by atoms with van der Waals surface area (Å²) in [5.41, 5.74) is -3.88. The molecule has 0 atom stereocenters. The molecule has 174 valence electrons. The highest BCUT2D eigenvalue weighted by molar-refractivity contribution is 7.54. The van der Waals surface area contributed by atoms with E-state index in [1.807, 2.05) is 0 Å². The molecule has 1 aromatic carbocycles. The van der Waals surface area contributed by atoms with Crippen LogP contribution in [0.25, 0.3) is 0 Å². The van der Waals surface area contributed by atoms with E-state index >= 15 is 8.78 Å². The van der Waals surface area contributed by atoms with Crippen LogP contribution in [0.5, 0.6) is 0 Å². The fourth-order valence-corrected chi connectivity index (χ4v) is 6.68. The fraction of sp³-hybridized carbons (Fsp3) is 0.700. The minimum atomic E-state index is -4.79. The first-order valence-electron chi connectivity index (χ1n) is 10.00. The maximum atomic E-state index is 15.1. The van der Waals surface area contributed by atoms with Crippen molar-refractivity contribution in [1.29, 1.82) is 0 Å². The molecule has 1 rings (SSSR count). The largest absolute Gasteiger partial charge is 0.404 e. The van der Waals surface area contributed by atoms with Gasteiger partial charge < -0.3 is 18.1 Å². The van der Waals surface area contributed by atoms with E-state index in [4.69, 9.17) is 18.1 Å². The van der Waals surface area contributed by atoms with Crippen LogP contribution in [0, 0.1) is 0 Å². The van der Waals surface area contributed by atoms with Gasteiger partial charge in [0.2, 0.25) is 0 Å². The van der Waals surface area contributed by atoms with Crippen LogP contribution in [0.15, 0.2) is 24.3 Å². The molecule has 0 aliphatic heterocycles. The molecule has 0 saturated carbocycles. The lowest BCUT2D eigenvalue weighted by atomic mass is 10.1. The van der Waals surface area contributed by atoms with E-state index in [0.717, 1.165) is 12.1 Å². The quantitative estimate of drug-likeness (QED) is 0.298. The number of alkyl halides is 2. The highest BCUT2D eigenvalue weighted by Crippen LogP contribution is 2.68. The third-order valence-corrected chi connectivity index (χ3v) is 8.05. The topological polar surface area (TPSA) is 71.1 Å². The normalized spacial score (nSPS) is 13.8. The van der Waals surface area contributed by atoms with Gasteiger partial charge in [-0.25, -0.2) is 0 Å². The van der Waals surface area contributed by atoms with Crippen LogP contribution in [0.4, 0.5) is 8.78 Å². The first-order chi connectivity index (χ1) is 13.6. The van der Waals surface area contributed by atoms with Gasteiger partial charge in [0.1, 0.15) is 0 Å². The minimum absolute atomic E-state index is 0.0716. The Balaban J connectivity index is 3.19. The van der Waals surface area contributed by atoms with E-state index in [1.165, 1.54) is 39.8 Å². The van der Waals surface area contributed by atoms with Crippen LogP contribution in [0.1, 0.15) is 66.5 Å². The van der Waals surface area contributed by atoms with Crippen LogP contribution >= 0.6 is 15.2 Å². The first-order valence-corrected chi connectivity index (χ1v) is 13.3. The van der Waals surface area contributed by atoms with E-state index < -0.39 is 38.6 Å². The summed E-state index contributed by atoms with van der Waals surface area (Å²) in [4.78, 5) is 0. The monoisotopic (exact) mass is 470 g/mol. The van der Waals surface area contributed by atoms with Crippen molar-refractivity contribution < 1.29 is 36.0 Å². The molecule has 0 unspecified atom stereocenters. The van der Waals surface area contributed by atoms with Crippen LogP contribution in [0.3, 0.4) is 0 Å². The first kappa shape index (κ1) is 27.4. The van der Waals surface area contributed by atoms with Gasteiger partial charge in [0, 0.05) is 5.56 Å². The Kier molecular flexibility index (Phi) is 9.87. The fourth-order valence-electron chi connectivity index (χ4n) is 2.65. The summed E-state index contributed by atoms with van der Waals surface area (Å²) in [6, 6.07) is 5.03. The van der Waals surface area contributed by atoms with E-state index in [0.29, 0.717) is 5.56 Å². The van der Waals surface area contributed by atoms with E-state index in [9.17, 15) is 9.13 Å². The third kappa shape index (κ3) is 7.81. The Bertz CT molecular complexity index is 735. The summed E-state index contributed by atoms with van der Waals surface area (Å²) in [5, 5.41) is 0. The van der Waals surface area contributed by atoms with Gasteiger partial charge in [-0.1, -0.05) is 24.3 Å². The van der Waals surface area contributed by atoms with Gasteiger partial charge >= 0.3 is 20.9 Å². The van der Waals surface area contributed by atoms with Crippen LogP contribution < -0.4 is 0 Å². The molecular formula is C20H34F2O6P2. The molecule has 0 saturated heterocycles. The molecule has 0 radical (unpaired) electrons. The van der Waals surface area contributed by atoms with Crippen molar-refractivity contribution in [3.8, 4) is 0 Å². The minimum Gasteiger partial charge on any atom is -0.306 e. The third-order valence-electron chi connectivity index (χ3n) is 3.46. The molecular weight excluding hydrogens is 436 g/mol. The van der Waals surface area contributed by atoms with Gasteiger partial charge in [-0.05, 0) is 61.0 Å². The second-order valence-electron chi connectivity index (χ2n) is 8.12. The summed E-state index contributed by atoms with van der Waals surface area (Å²) >= 11 is 0. The average Bonchev–Trinajstić information content (AvgIpc) is 2.51. The predicted molar refractivity (Wildman–Crippen MR) is 114 cm³/mol. The zero-order valence-electron chi connectivity index (χ0n) is 18.9. The van der Waals surface area contributed by atoms with E-state index in [2.05, 4.69) is 0 Å². The maximum absolute atomic E-state index is 15.1. The van der Waals surface area contributed by atoms with Crippen molar-refractivity contribution in [3.63, 3.8) is 0 Å². The summed E-state index contributed by atoms with van der Waals surface area (Å²) in [7, 11) is -8.26. The summed E-state index contributed by atoms with van der Waals surface area (Å²) in [6.45, 7) is 13.0. The SMILES string of the molecule is CC(C)OP(=O)(Cc1ccc(C(F)(F)P(=O)(OC(C)C)OC(C)C)cc1)OC(C)C. The Hall–Kier alpha value is -0.620. The highest BCUT2D eigenvalue weighted by atomic mass is 31.2. The average molecular weight is 470 g/mol. The van der Waals surface area contributed by atoms with Crippen LogP contribution in [-0.4, -0.2) is 24.4 Å². The van der Waals surface area contributed by atoms with Gasteiger partial charge in [0.05, 0.1) is 30.6 Å². The molecule has 0 aliphatic carbocycles. The van der Waals surface area contributed by atoms with Crippen molar-refractivity contribution in [2.75, 3.05) is 0 Å². The van der Waals surface area contributed by atoms with Crippen molar-refractivity contribution >= 4 is 15.2 Å². The van der Waals surface area contributed by atoms with Crippen LogP contribution in [0.2, 0.25) is 0 Å². The number of benzene rings is 1. The smallest absolute Gasteiger partial charge is 0.306 e. The van der Waals surface area contributed by atoms with Crippen molar-refractivity contribution in [3.05, 3.63) is 35.4 Å². The highest BCUT2D eigenvalue weighted by Gasteiger charge is 2.56. The molecule has 0 bridgehead atoms. The van der Waals surface area contributed by atoms with Crippen LogP contribution in [-0.2, 0) is 39.1 Å². The standard InChI is InChI=1S/C20H34F2O6P2/c1-14(2)25-29(23,26-15(3)4)13-18-9-11-19(12-10-18)20(21,22)30(24,27-16(5)6)28-17(7)8/h9-12,14-17H,13H2,1-8H3. The van der Waals surface area contributed by atoms with Gasteiger partial charge in [-0.3, -0.25) is 9.13 Å². The maximum Gasteiger partial charge on any atom is 0.404 e.